The van der Waals surface area contributed by atoms with Crippen molar-refractivity contribution in [2.45, 2.75) is 0 Å². The fraction of sp³-hybridized carbons (Fsp3) is 0.0455. The first kappa shape index (κ1) is 20.5. The van der Waals surface area contributed by atoms with Crippen LogP contribution in [0.5, 0.6) is 0 Å². The summed E-state index contributed by atoms with van der Waals surface area (Å²) in [4.78, 5) is 40.1. The van der Waals surface area contributed by atoms with Crippen molar-refractivity contribution < 1.29 is 0 Å². The molecule has 0 amide bonds. The summed E-state index contributed by atoms with van der Waals surface area (Å²) in [6, 6.07) is 11.8. The minimum atomic E-state index is -0.544. The summed E-state index contributed by atoms with van der Waals surface area (Å²) < 4.78 is 3.86. The van der Waals surface area contributed by atoms with Crippen LogP contribution in [0, 0.1) is 0 Å². The summed E-state index contributed by atoms with van der Waals surface area (Å²) in [6.07, 6.45) is 0. The summed E-state index contributed by atoms with van der Waals surface area (Å²) >= 11 is 8.79. The Morgan fingerprint density at radius 1 is 0.875 bits per heavy atom. The zero-order valence-corrected chi connectivity index (χ0v) is 19.0. The number of nitrogens with zero attached hydrogens (tertiary/aromatic N) is 3. The van der Waals surface area contributed by atoms with Crippen LogP contribution in [-0.4, -0.2) is 13.7 Å². The van der Waals surface area contributed by atoms with Crippen LogP contribution < -0.4 is 22.1 Å². The van der Waals surface area contributed by atoms with Gasteiger partial charge in [0.1, 0.15) is 11.0 Å². The number of nitrogens with one attached hydrogen (secondary N) is 1. The number of benzene rings is 1. The van der Waals surface area contributed by atoms with E-state index < -0.39 is 11.2 Å². The van der Waals surface area contributed by atoms with Crippen molar-refractivity contribution >= 4 is 56.7 Å². The Labute approximate surface area is 194 Å². The molecular weight excluding hydrogens is 468 g/mol. The fourth-order valence-corrected chi connectivity index (χ4v) is 4.93. The molecule has 0 unspecified atom stereocenters. The molecule has 160 valence electrons. The lowest BCUT2D eigenvalue weighted by Gasteiger charge is -2.18. The lowest BCUT2D eigenvalue weighted by atomic mass is 10.2. The molecule has 0 saturated heterocycles. The molecule has 5 rings (SSSR count). The molecule has 10 heteroatoms. The number of anilines is 2. The van der Waals surface area contributed by atoms with Crippen molar-refractivity contribution in [2.24, 2.45) is 7.05 Å². The number of hydrogen-bond acceptors (Lipinski definition) is 6. The standard InChI is InChI=1S/C22H15ClN4O3S2/c1-25-18(28)10-17(24-14-4-2-13(23)3-5-14)19-20(25)26(15-6-8-31-11-15)22(30)27(21(19)29)16-7-9-32-12-16/h2-12,24H,1H3. The van der Waals surface area contributed by atoms with E-state index in [1.54, 1.807) is 59.6 Å². The number of halogens is 1. The van der Waals surface area contributed by atoms with Gasteiger partial charge in [-0.25, -0.2) is 13.9 Å². The van der Waals surface area contributed by atoms with Crippen LogP contribution in [0.2, 0.25) is 5.02 Å². The number of thiophene rings is 2. The van der Waals surface area contributed by atoms with Gasteiger partial charge in [-0.1, -0.05) is 11.6 Å². The SMILES string of the molecule is Cn1c(=O)cc(Nc2ccc(Cl)cc2)c2c(=O)n(-c3ccsc3)c(=O)n(-c3ccsc3)c21. The van der Waals surface area contributed by atoms with E-state index in [-0.39, 0.29) is 16.6 Å². The summed E-state index contributed by atoms with van der Waals surface area (Å²) in [6.45, 7) is 0. The smallest absolute Gasteiger partial charge is 0.341 e. The van der Waals surface area contributed by atoms with Gasteiger partial charge in [-0.2, -0.15) is 22.7 Å². The van der Waals surface area contributed by atoms with Crippen LogP contribution >= 0.6 is 34.3 Å². The average molecular weight is 483 g/mol. The second kappa shape index (κ2) is 7.94. The highest BCUT2D eigenvalue weighted by Gasteiger charge is 2.22. The van der Waals surface area contributed by atoms with Gasteiger partial charge in [-0.05, 0) is 47.2 Å². The molecule has 0 aliphatic heterocycles. The molecule has 0 radical (unpaired) electrons. The summed E-state index contributed by atoms with van der Waals surface area (Å²) in [7, 11) is 1.55. The van der Waals surface area contributed by atoms with Crippen LogP contribution in [0.15, 0.2) is 78.4 Å². The monoisotopic (exact) mass is 482 g/mol. The van der Waals surface area contributed by atoms with Crippen molar-refractivity contribution in [3.05, 3.63) is 100 Å². The molecule has 0 atom stereocenters. The Morgan fingerprint density at radius 3 is 2.09 bits per heavy atom. The molecule has 0 saturated carbocycles. The third kappa shape index (κ3) is 3.31. The van der Waals surface area contributed by atoms with E-state index >= 15 is 0 Å². The van der Waals surface area contributed by atoms with Gasteiger partial charge in [-0.3, -0.25) is 14.2 Å². The second-order valence-electron chi connectivity index (χ2n) is 7.01. The van der Waals surface area contributed by atoms with E-state index in [9.17, 15) is 14.4 Å². The van der Waals surface area contributed by atoms with Crippen LogP contribution in [0.3, 0.4) is 0 Å². The molecule has 32 heavy (non-hydrogen) atoms. The van der Waals surface area contributed by atoms with Gasteiger partial charge < -0.3 is 5.32 Å². The highest BCUT2D eigenvalue weighted by atomic mass is 35.5. The highest BCUT2D eigenvalue weighted by molar-refractivity contribution is 7.08. The molecule has 5 aromatic rings. The highest BCUT2D eigenvalue weighted by Crippen LogP contribution is 2.25. The molecule has 7 nitrogen and oxygen atoms in total. The second-order valence-corrected chi connectivity index (χ2v) is 9.00. The van der Waals surface area contributed by atoms with Gasteiger partial charge in [0.2, 0.25) is 0 Å². The number of rotatable bonds is 4. The molecule has 0 bridgehead atoms. The molecule has 4 aromatic heterocycles. The molecular formula is C22H15ClN4O3S2. The average Bonchev–Trinajstić information content (AvgIpc) is 3.48. The predicted molar refractivity (Wildman–Crippen MR) is 131 cm³/mol. The third-order valence-corrected chi connectivity index (χ3v) is 6.67. The van der Waals surface area contributed by atoms with E-state index in [2.05, 4.69) is 5.32 Å². The van der Waals surface area contributed by atoms with Crippen molar-refractivity contribution in [1.82, 2.24) is 13.7 Å². The molecule has 4 heterocycles. The third-order valence-electron chi connectivity index (χ3n) is 5.07. The summed E-state index contributed by atoms with van der Waals surface area (Å²) in [5.41, 5.74) is 0.815. The number of fused-ring (bicyclic) bond motifs is 1. The Balaban J connectivity index is 1.94. The van der Waals surface area contributed by atoms with Gasteiger partial charge >= 0.3 is 5.69 Å². The lowest BCUT2D eigenvalue weighted by Crippen LogP contribution is -2.40. The first-order valence-corrected chi connectivity index (χ1v) is 11.7. The van der Waals surface area contributed by atoms with Crippen LogP contribution in [0.1, 0.15) is 0 Å². The molecule has 0 aliphatic rings. The maximum Gasteiger partial charge on any atom is 0.341 e. The first-order valence-electron chi connectivity index (χ1n) is 9.45. The molecule has 0 spiro atoms. The Morgan fingerprint density at radius 2 is 1.50 bits per heavy atom. The number of aromatic nitrogens is 3. The van der Waals surface area contributed by atoms with Gasteiger partial charge in [0.05, 0.1) is 17.1 Å². The van der Waals surface area contributed by atoms with E-state index in [0.29, 0.717) is 27.8 Å². The van der Waals surface area contributed by atoms with Crippen LogP contribution in [0.25, 0.3) is 22.4 Å². The molecule has 1 aromatic carbocycles. The van der Waals surface area contributed by atoms with E-state index in [1.807, 2.05) is 5.38 Å². The van der Waals surface area contributed by atoms with Gasteiger partial charge in [0.15, 0.2) is 0 Å². The minimum Gasteiger partial charge on any atom is -0.355 e. The normalized spacial score (nSPS) is 11.2. The number of pyridine rings is 1. The van der Waals surface area contributed by atoms with Crippen LogP contribution in [0.4, 0.5) is 11.4 Å². The van der Waals surface area contributed by atoms with Crippen LogP contribution in [-0.2, 0) is 7.05 Å². The maximum atomic E-state index is 13.7. The van der Waals surface area contributed by atoms with E-state index in [4.69, 9.17) is 11.6 Å². The molecule has 1 N–H and O–H groups in total. The van der Waals surface area contributed by atoms with Crippen molar-refractivity contribution in [2.75, 3.05) is 5.32 Å². The summed E-state index contributed by atoms with van der Waals surface area (Å²) in [5.74, 6) is 0. The quantitative estimate of drug-likeness (QED) is 0.413. The largest absolute Gasteiger partial charge is 0.355 e. The predicted octanol–water partition coefficient (Wildman–Crippen LogP) is 4.36. The minimum absolute atomic E-state index is 0.217. The zero-order chi connectivity index (χ0) is 22.4. The van der Waals surface area contributed by atoms with Gasteiger partial charge in [-0.15, -0.1) is 0 Å². The molecule has 0 fully saturated rings. The van der Waals surface area contributed by atoms with Crippen molar-refractivity contribution in [3.8, 4) is 11.4 Å². The topological polar surface area (TPSA) is 78.0 Å². The Hall–Kier alpha value is -3.40. The maximum absolute atomic E-state index is 13.7. The van der Waals surface area contributed by atoms with Gasteiger partial charge in [0.25, 0.3) is 11.1 Å². The van der Waals surface area contributed by atoms with E-state index in [1.165, 1.54) is 37.9 Å². The van der Waals surface area contributed by atoms with Gasteiger partial charge in [0, 0.05) is 34.6 Å². The van der Waals surface area contributed by atoms with E-state index in [0.717, 1.165) is 4.57 Å². The Kier molecular flexibility index (Phi) is 5.09. The number of aryl methyl sites for hydroxylation is 1. The molecule has 0 aliphatic carbocycles. The van der Waals surface area contributed by atoms with Crippen molar-refractivity contribution in [3.63, 3.8) is 0 Å². The zero-order valence-electron chi connectivity index (χ0n) is 16.6. The fourth-order valence-electron chi connectivity index (χ4n) is 3.56. The lowest BCUT2D eigenvalue weighted by molar-refractivity contribution is 0.786. The Bertz CT molecular complexity index is 1610. The number of hydrogen-bond donors (Lipinski definition) is 1. The first-order chi connectivity index (χ1) is 15.5. The summed E-state index contributed by atoms with van der Waals surface area (Å²) in [5, 5.41) is 11.1. The van der Waals surface area contributed by atoms with Crippen molar-refractivity contribution in [1.29, 1.82) is 0 Å².